The highest BCUT2D eigenvalue weighted by Gasteiger charge is 2.21. The van der Waals surface area contributed by atoms with Crippen LogP contribution in [0.5, 0.6) is 0 Å². The summed E-state index contributed by atoms with van der Waals surface area (Å²) >= 11 is 0. The first-order valence-corrected chi connectivity index (χ1v) is 13.0. The van der Waals surface area contributed by atoms with Crippen molar-refractivity contribution in [3.8, 4) is 0 Å². The summed E-state index contributed by atoms with van der Waals surface area (Å²) in [4.78, 5) is 12.0. The zero-order chi connectivity index (χ0) is 26.3. The van der Waals surface area contributed by atoms with Crippen molar-refractivity contribution in [1.82, 2.24) is 0 Å². The summed E-state index contributed by atoms with van der Waals surface area (Å²) in [6, 6.07) is 0. The molecule has 2 rings (SSSR count). The molecule has 200 valence electrons. The molecule has 0 fully saturated rings. The Hall–Kier alpha value is -2.25. The van der Waals surface area contributed by atoms with Crippen LogP contribution in [0.4, 0.5) is 0 Å². The van der Waals surface area contributed by atoms with Crippen LogP contribution >= 0.6 is 0 Å². The molecule has 0 bridgehead atoms. The van der Waals surface area contributed by atoms with Gasteiger partial charge in [0.05, 0.1) is 31.5 Å². The van der Waals surface area contributed by atoms with E-state index in [0.29, 0.717) is 25.6 Å². The fraction of sp³-hybridized carbons (Fsp3) is 0.567. The van der Waals surface area contributed by atoms with Gasteiger partial charge in [0, 0.05) is 12.5 Å². The molecule has 6 unspecified atom stereocenters. The maximum Gasteiger partial charge on any atom is 0.330 e. The third-order valence-electron chi connectivity index (χ3n) is 6.26. The minimum atomic E-state index is -0.997. The van der Waals surface area contributed by atoms with Gasteiger partial charge in [-0.3, -0.25) is 0 Å². The van der Waals surface area contributed by atoms with Crippen LogP contribution in [0, 0.1) is 5.92 Å². The maximum absolute atomic E-state index is 12.0. The number of aliphatic hydroxyl groups excluding tert-OH is 2. The average molecular weight is 501 g/mol. The van der Waals surface area contributed by atoms with Crippen LogP contribution in [0.15, 0.2) is 72.4 Å². The van der Waals surface area contributed by atoms with Crippen LogP contribution < -0.4 is 0 Å². The van der Waals surface area contributed by atoms with Gasteiger partial charge in [-0.1, -0.05) is 73.3 Å². The Bertz CT molecular complexity index is 836. The monoisotopic (exact) mass is 500 g/mol. The van der Waals surface area contributed by atoms with Crippen LogP contribution in [0.3, 0.4) is 0 Å². The number of hydrogen-bond acceptors (Lipinski definition) is 6. The first-order valence-electron chi connectivity index (χ1n) is 13.0. The maximum atomic E-state index is 12.0. The second-order valence-electron chi connectivity index (χ2n) is 9.87. The van der Waals surface area contributed by atoms with Crippen LogP contribution in [-0.2, 0) is 19.0 Å². The van der Waals surface area contributed by atoms with Crippen LogP contribution in [0.2, 0.25) is 0 Å². The summed E-state index contributed by atoms with van der Waals surface area (Å²) in [7, 11) is 0. The Kier molecular flexibility index (Phi) is 13.7. The van der Waals surface area contributed by atoms with Gasteiger partial charge in [0.25, 0.3) is 0 Å². The van der Waals surface area contributed by atoms with Gasteiger partial charge in [0.2, 0.25) is 0 Å². The summed E-state index contributed by atoms with van der Waals surface area (Å²) in [5.74, 6) is -0.0913. The standard InChI is InChI=1S/C30H44O6/c1-5-9-30(33)36-29(28(32)14-13-27-20-22(2)15-17-35-27)12-8-10-25(31)19-23(3)18-24(4)21-26-11-6-7-16-34-26/h5-10,13-15,24-29,31-32H,3,11-12,16-21H2,1-2,4H3/b9-5-,10-8+,14-13+. The highest BCUT2D eigenvalue weighted by molar-refractivity contribution is 5.82. The molecule has 0 aromatic carbocycles. The van der Waals surface area contributed by atoms with E-state index in [2.05, 4.69) is 26.5 Å². The lowest BCUT2D eigenvalue weighted by Crippen LogP contribution is -2.29. The molecular formula is C30H44O6. The number of carbonyl (C=O) groups is 1. The summed E-state index contributed by atoms with van der Waals surface area (Å²) < 4.78 is 16.9. The van der Waals surface area contributed by atoms with E-state index in [9.17, 15) is 15.0 Å². The first-order chi connectivity index (χ1) is 17.3. The number of rotatable bonds is 14. The Morgan fingerprint density at radius 2 is 2.03 bits per heavy atom. The van der Waals surface area contributed by atoms with E-state index >= 15 is 0 Å². The largest absolute Gasteiger partial charge is 0.456 e. The average Bonchev–Trinajstić information content (AvgIpc) is 2.82. The van der Waals surface area contributed by atoms with E-state index < -0.39 is 24.3 Å². The van der Waals surface area contributed by atoms with Gasteiger partial charge in [-0.2, -0.15) is 0 Å². The van der Waals surface area contributed by atoms with Gasteiger partial charge in [-0.05, 0) is 51.9 Å². The van der Waals surface area contributed by atoms with Gasteiger partial charge in [0.15, 0.2) is 0 Å². The second-order valence-corrected chi connectivity index (χ2v) is 9.87. The van der Waals surface area contributed by atoms with Crippen LogP contribution in [0.25, 0.3) is 0 Å². The van der Waals surface area contributed by atoms with Gasteiger partial charge < -0.3 is 24.4 Å². The third kappa shape index (κ3) is 12.1. The molecule has 36 heavy (non-hydrogen) atoms. The zero-order valence-corrected chi connectivity index (χ0v) is 22.1. The molecule has 0 spiro atoms. The smallest absolute Gasteiger partial charge is 0.330 e. The second kappa shape index (κ2) is 16.5. The molecule has 0 aromatic rings. The Morgan fingerprint density at radius 3 is 2.72 bits per heavy atom. The molecule has 2 N–H and O–H groups in total. The molecule has 2 aliphatic heterocycles. The van der Waals surface area contributed by atoms with Crippen molar-refractivity contribution in [2.75, 3.05) is 13.2 Å². The van der Waals surface area contributed by atoms with E-state index in [1.165, 1.54) is 11.6 Å². The van der Waals surface area contributed by atoms with Crippen molar-refractivity contribution in [1.29, 1.82) is 0 Å². The highest BCUT2D eigenvalue weighted by Crippen LogP contribution is 2.23. The molecule has 0 saturated heterocycles. The quantitative estimate of drug-likeness (QED) is 0.195. The molecular weight excluding hydrogens is 456 g/mol. The number of carbonyl (C=O) groups excluding carboxylic acids is 1. The Labute approximate surface area is 216 Å². The summed E-state index contributed by atoms with van der Waals surface area (Å²) in [5.41, 5.74) is 2.23. The summed E-state index contributed by atoms with van der Waals surface area (Å²) in [6.45, 7) is 11.3. The minimum Gasteiger partial charge on any atom is -0.456 e. The Morgan fingerprint density at radius 1 is 1.22 bits per heavy atom. The van der Waals surface area contributed by atoms with Crippen molar-refractivity contribution in [3.63, 3.8) is 0 Å². The van der Waals surface area contributed by atoms with Crippen LogP contribution in [-0.4, -0.2) is 59.9 Å². The fourth-order valence-electron chi connectivity index (χ4n) is 4.42. The SMILES string of the molecule is C=C(CC(O)/C=C/CC(OC(=O)/C=C\C)C(O)/C=C/C1CC(C)=CCO1)CC(C)CC1CC=CCO1. The lowest BCUT2D eigenvalue weighted by Gasteiger charge is -2.23. The number of ether oxygens (including phenoxy) is 3. The minimum absolute atomic E-state index is 0.108. The topological polar surface area (TPSA) is 85.2 Å². The van der Waals surface area contributed by atoms with Gasteiger partial charge in [-0.15, -0.1) is 0 Å². The first kappa shape index (κ1) is 30.0. The van der Waals surface area contributed by atoms with E-state index in [4.69, 9.17) is 14.2 Å². The third-order valence-corrected chi connectivity index (χ3v) is 6.26. The van der Waals surface area contributed by atoms with E-state index in [1.807, 2.05) is 18.2 Å². The fourth-order valence-corrected chi connectivity index (χ4v) is 4.42. The van der Waals surface area contributed by atoms with Gasteiger partial charge in [-0.25, -0.2) is 4.79 Å². The summed E-state index contributed by atoms with van der Waals surface area (Å²) in [5, 5.41) is 21.2. The number of allylic oxidation sites excluding steroid dienone is 1. The number of esters is 1. The lowest BCUT2D eigenvalue weighted by molar-refractivity contribution is -0.147. The molecule has 6 nitrogen and oxygen atoms in total. The van der Waals surface area contributed by atoms with Gasteiger partial charge >= 0.3 is 5.97 Å². The van der Waals surface area contributed by atoms with Crippen LogP contribution in [0.1, 0.15) is 59.3 Å². The van der Waals surface area contributed by atoms with Crippen molar-refractivity contribution >= 4 is 5.97 Å². The molecule has 0 aliphatic carbocycles. The number of aliphatic hydroxyl groups is 2. The molecule has 0 saturated carbocycles. The lowest BCUT2D eigenvalue weighted by atomic mass is 9.92. The predicted octanol–water partition coefficient (Wildman–Crippen LogP) is 5.14. The molecule has 0 radical (unpaired) electrons. The van der Waals surface area contributed by atoms with E-state index in [1.54, 1.807) is 31.2 Å². The van der Waals surface area contributed by atoms with Crippen molar-refractivity contribution in [2.24, 2.45) is 5.92 Å². The van der Waals surface area contributed by atoms with E-state index in [0.717, 1.165) is 31.3 Å². The highest BCUT2D eigenvalue weighted by atomic mass is 16.6. The molecule has 0 aromatic heterocycles. The molecule has 6 heteroatoms. The predicted molar refractivity (Wildman–Crippen MR) is 143 cm³/mol. The normalized spacial score (nSPS) is 24.1. The summed E-state index contributed by atoms with van der Waals surface area (Å²) in [6.07, 6.45) is 18.0. The molecule has 2 heterocycles. The molecule has 6 atom stereocenters. The van der Waals surface area contributed by atoms with Crippen molar-refractivity contribution in [2.45, 2.75) is 89.8 Å². The zero-order valence-electron chi connectivity index (χ0n) is 22.1. The van der Waals surface area contributed by atoms with Crippen molar-refractivity contribution in [3.05, 3.63) is 72.4 Å². The molecule has 0 amide bonds. The Balaban J connectivity index is 1.84. The number of hydrogen-bond donors (Lipinski definition) is 2. The van der Waals surface area contributed by atoms with Gasteiger partial charge in [0.1, 0.15) is 12.2 Å². The van der Waals surface area contributed by atoms with E-state index in [-0.39, 0.29) is 18.6 Å². The molecule has 2 aliphatic rings. The van der Waals surface area contributed by atoms with Crippen molar-refractivity contribution < 1.29 is 29.2 Å².